The first-order chi connectivity index (χ1) is 27.9. The number of fused-ring (bicyclic) bond motifs is 5. The molecule has 2 saturated heterocycles. The quantitative estimate of drug-likeness (QED) is 0.350. The van der Waals surface area contributed by atoms with Crippen molar-refractivity contribution in [2.75, 3.05) is 32.8 Å². The highest BCUT2D eigenvalue weighted by atomic mass is 32.2. The molecule has 0 spiro atoms. The number of hydrogen-bond acceptors (Lipinski definition) is 10. The number of ether oxygens (including phenoxy) is 3. The highest BCUT2D eigenvalue weighted by molar-refractivity contribution is 7.91. The van der Waals surface area contributed by atoms with Gasteiger partial charge in [-0.25, -0.2) is 13.4 Å². The molecule has 5 fully saturated rings. The predicted octanol–water partition coefficient (Wildman–Crippen LogP) is 4.19. The van der Waals surface area contributed by atoms with Crippen LogP contribution in [0.1, 0.15) is 88.7 Å². The minimum absolute atomic E-state index is 0.0181. The Labute approximate surface area is 340 Å². The lowest BCUT2D eigenvalue weighted by molar-refractivity contribution is -0.147. The Morgan fingerprint density at radius 2 is 1.86 bits per heavy atom. The molecule has 15 heteroatoms. The first-order valence-corrected chi connectivity index (χ1v) is 22.6. The van der Waals surface area contributed by atoms with Crippen LogP contribution in [0.3, 0.4) is 0 Å². The summed E-state index contributed by atoms with van der Waals surface area (Å²) in [6, 6.07) is 4.64. The molecule has 6 atom stereocenters. The molecule has 2 aromatic rings. The normalized spacial score (nSPS) is 29.9. The third kappa shape index (κ3) is 8.21. The summed E-state index contributed by atoms with van der Waals surface area (Å²) in [5.74, 6) is -2.14. The number of sulfonamides is 1. The van der Waals surface area contributed by atoms with Crippen LogP contribution in [0.4, 0.5) is 0 Å². The first kappa shape index (κ1) is 40.3. The van der Waals surface area contributed by atoms with Gasteiger partial charge in [0.2, 0.25) is 33.6 Å². The summed E-state index contributed by atoms with van der Waals surface area (Å²) in [5, 5.41) is 3.00. The van der Waals surface area contributed by atoms with Crippen LogP contribution in [0.25, 0.3) is 17.0 Å². The van der Waals surface area contributed by atoms with E-state index in [1.54, 1.807) is 21.9 Å². The van der Waals surface area contributed by atoms with Crippen LogP contribution in [-0.2, 0) is 33.9 Å². The highest BCUT2D eigenvalue weighted by Gasteiger charge is 2.62. The summed E-state index contributed by atoms with van der Waals surface area (Å²) >= 11 is 0. The summed E-state index contributed by atoms with van der Waals surface area (Å²) in [6.45, 7) is 9.51. The van der Waals surface area contributed by atoms with Gasteiger partial charge in [0.05, 0.1) is 36.6 Å². The molecule has 58 heavy (non-hydrogen) atoms. The largest absolute Gasteiger partial charge is 0.488 e. The van der Waals surface area contributed by atoms with E-state index in [1.807, 2.05) is 38.1 Å². The van der Waals surface area contributed by atoms with Gasteiger partial charge in [-0.3, -0.25) is 23.9 Å². The van der Waals surface area contributed by atoms with Gasteiger partial charge in [0.1, 0.15) is 23.4 Å². The van der Waals surface area contributed by atoms with Gasteiger partial charge < -0.3 is 29.3 Å². The molecular formula is C43H55N5O9S. The van der Waals surface area contributed by atoms with Crippen molar-refractivity contribution < 1.29 is 41.8 Å². The van der Waals surface area contributed by atoms with E-state index in [9.17, 15) is 22.8 Å². The smallest absolute Gasteiger partial charge is 0.259 e. The van der Waals surface area contributed by atoms with Crippen LogP contribution in [0.2, 0.25) is 0 Å². The third-order valence-corrected chi connectivity index (χ3v) is 14.8. The topological polar surface area (TPSA) is 174 Å². The Morgan fingerprint density at radius 3 is 2.59 bits per heavy atom. The molecule has 3 aliphatic heterocycles. The van der Waals surface area contributed by atoms with Crippen LogP contribution < -0.4 is 19.5 Å². The maximum Gasteiger partial charge on any atom is 0.259 e. The lowest BCUT2D eigenvalue weighted by Crippen LogP contribution is -2.57. The minimum Gasteiger partial charge on any atom is -0.488 e. The second-order valence-corrected chi connectivity index (χ2v) is 18.9. The van der Waals surface area contributed by atoms with Gasteiger partial charge in [0.15, 0.2) is 0 Å². The SMILES string of the molecule is C=C[C@@H]1C[C@]1(NC(=O)[C@@H]1C[C@@H]2CN1C(=O)[C@H](C1CCCCC1)CC(=O)N1CC[C@@H](C1)OC/C=C/c1cc3c(cc(OCC)nc3cc1C)O2)C(=O)NS(=O)(=O)C1CC1. The van der Waals surface area contributed by atoms with E-state index >= 15 is 4.79 Å². The summed E-state index contributed by atoms with van der Waals surface area (Å²) in [6.07, 6.45) is 11.2. The van der Waals surface area contributed by atoms with Crippen molar-refractivity contribution in [1.29, 1.82) is 0 Å². The van der Waals surface area contributed by atoms with Gasteiger partial charge in [-0.2, -0.15) is 0 Å². The number of amides is 4. The predicted molar refractivity (Wildman–Crippen MR) is 216 cm³/mol. The maximum atomic E-state index is 15.1. The zero-order valence-electron chi connectivity index (χ0n) is 33.5. The zero-order valence-corrected chi connectivity index (χ0v) is 34.3. The van der Waals surface area contributed by atoms with E-state index in [4.69, 9.17) is 19.2 Å². The van der Waals surface area contributed by atoms with E-state index < -0.39 is 56.6 Å². The summed E-state index contributed by atoms with van der Waals surface area (Å²) in [5.41, 5.74) is 1.07. The molecule has 2 N–H and O–H groups in total. The van der Waals surface area contributed by atoms with Crippen LogP contribution in [0, 0.1) is 24.7 Å². The molecule has 3 aliphatic carbocycles. The standard InChI is InChI=1S/C43H55N5O9S/c1-4-29-23-43(29,42(52)46-58(53,54)32-13-14-32)45-40(50)36-20-31-25-48(36)41(51)33(27-10-7-6-8-11-27)21-39(49)47-16-15-30(24-47)56-17-9-12-28-19-34-35(18-26(28)3)44-38(55-5-2)22-37(34)57-31/h4,9,12,18-19,22,27,29-33,36H,1,5-8,10-11,13-17,20-21,23-25H2,2-3H3,(H,45,50)(H,46,52)/b12-9+/t29-,30+,31-,33+,36+,43-/m1/s1. The Balaban J connectivity index is 1.16. The number of aromatic nitrogens is 1. The van der Waals surface area contributed by atoms with Crippen molar-refractivity contribution in [1.82, 2.24) is 24.8 Å². The fourth-order valence-corrected chi connectivity index (χ4v) is 10.8. The van der Waals surface area contributed by atoms with Crippen molar-refractivity contribution in [2.45, 2.75) is 114 Å². The second kappa shape index (κ2) is 16.3. The van der Waals surface area contributed by atoms with E-state index in [2.05, 4.69) is 16.6 Å². The van der Waals surface area contributed by atoms with E-state index in [-0.39, 0.29) is 49.6 Å². The number of carbonyl (C=O) groups excluding carboxylic acids is 4. The van der Waals surface area contributed by atoms with Crippen LogP contribution >= 0.6 is 0 Å². The molecular weight excluding hydrogens is 763 g/mol. The lowest BCUT2D eigenvalue weighted by Gasteiger charge is -2.35. The Kier molecular flexibility index (Phi) is 11.3. The fourth-order valence-electron chi connectivity index (χ4n) is 9.39. The molecule has 4 heterocycles. The molecule has 3 saturated carbocycles. The molecule has 1 aromatic heterocycles. The lowest BCUT2D eigenvalue weighted by atomic mass is 9.77. The van der Waals surface area contributed by atoms with Crippen molar-refractivity contribution in [3.63, 3.8) is 0 Å². The monoisotopic (exact) mass is 817 g/mol. The van der Waals surface area contributed by atoms with Crippen molar-refractivity contribution in [3.8, 4) is 11.6 Å². The second-order valence-electron chi connectivity index (χ2n) is 17.0. The molecule has 312 valence electrons. The molecule has 6 aliphatic rings. The Hall–Kier alpha value is -4.50. The molecule has 1 aromatic carbocycles. The number of carbonyl (C=O) groups is 4. The number of nitrogens with one attached hydrogen (secondary N) is 2. The maximum absolute atomic E-state index is 15.1. The first-order valence-electron chi connectivity index (χ1n) is 21.0. The average Bonchev–Trinajstić information content (AvgIpc) is 4.09. The van der Waals surface area contributed by atoms with Crippen LogP contribution in [0.15, 0.2) is 36.9 Å². The van der Waals surface area contributed by atoms with Gasteiger partial charge in [-0.05, 0) is 81.5 Å². The summed E-state index contributed by atoms with van der Waals surface area (Å²) in [4.78, 5) is 65.5. The molecule has 14 nitrogen and oxygen atoms in total. The van der Waals surface area contributed by atoms with E-state index in [0.717, 1.165) is 48.6 Å². The van der Waals surface area contributed by atoms with Gasteiger partial charge in [-0.1, -0.05) is 37.5 Å². The Morgan fingerprint density at radius 1 is 1.07 bits per heavy atom. The van der Waals surface area contributed by atoms with E-state index in [0.29, 0.717) is 62.7 Å². The van der Waals surface area contributed by atoms with Gasteiger partial charge in [0.25, 0.3) is 5.91 Å². The number of hydrogen-bond donors (Lipinski definition) is 2. The number of rotatable bonds is 9. The number of nitrogens with zero attached hydrogens (tertiary/aromatic N) is 3. The molecule has 6 bridgehead atoms. The zero-order chi connectivity index (χ0) is 40.8. The molecule has 4 amide bonds. The summed E-state index contributed by atoms with van der Waals surface area (Å²) < 4.78 is 46.7. The molecule has 8 rings (SSSR count). The van der Waals surface area contributed by atoms with E-state index in [1.165, 1.54) is 0 Å². The number of benzene rings is 1. The molecule has 0 radical (unpaired) electrons. The van der Waals surface area contributed by atoms with Crippen LogP contribution in [0.5, 0.6) is 11.6 Å². The van der Waals surface area contributed by atoms with Gasteiger partial charge in [-0.15, -0.1) is 6.58 Å². The van der Waals surface area contributed by atoms with Gasteiger partial charge in [0, 0.05) is 49.2 Å². The van der Waals surface area contributed by atoms with Crippen molar-refractivity contribution in [2.24, 2.45) is 17.8 Å². The van der Waals surface area contributed by atoms with Crippen molar-refractivity contribution in [3.05, 3.63) is 48.1 Å². The number of aryl methyl sites for hydroxylation is 1. The van der Waals surface area contributed by atoms with Crippen molar-refractivity contribution >= 4 is 50.6 Å². The highest BCUT2D eigenvalue weighted by Crippen LogP contribution is 2.46. The summed E-state index contributed by atoms with van der Waals surface area (Å²) in [7, 11) is -3.89. The Bertz CT molecular complexity index is 2120. The van der Waals surface area contributed by atoms with Gasteiger partial charge >= 0.3 is 0 Å². The minimum atomic E-state index is -3.89. The fraction of sp³-hybridized carbons (Fsp3) is 0.605. The van der Waals surface area contributed by atoms with Crippen LogP contribution in [-0.4, -0.2) is 109 Å². The molecule has 0 unspecified atom stereocenters. The number of pyridine rings is 1. The third-order valence-electron chi connectivity index (χ3n) is 13.0. The average molecular weight is 818 g/mol.